The molecule has 19 heteroatoms. The number of primary sulfonamides is 2. The fourth-order valence-corrected chi connectivity index (χ4v) is 7.52. The highest BCUT2D eigenvalue weighted by Gasteiger charge is 2.26. The summed E-state index contributed by atoms with van der Waals surface area (Å²) in [7, 11) is -8.33. The maximum Gasteiger partial charge on any atom is 0.345 e. The summed E-state index contributed by atoms with van der Waals surface area (Å²) in [6, 6.07) is 30.3. The van der Waals surface area contributed by atoms with E-state index in [2.05, 4.69) is 25.6 Å². The number of nitrogens with zero attached hydrogens (tertiary/aromatic N) is 3. The molecule has 0 fully saturated rings. The second kappa shape index (κ2) is 24.7. The van der Waals surface area contributed by atoms with Crippen molar-refractivity contribution >= 4 is 48.8 Å². The summed E-state index contributed by atoms with van der Waals surface area (Å²) in [5, 5.41) is 17.3. The van der Waals surface area contributed by atoms with E-state index in [1.807, 2.05) is 26.0 Å². The molecule has 3 heterocycles. The maximum absolute atomic E-state index is 12.9. The van der Waals surface area contributed by atoms with Gasteiger partial charge in [0.15, 0.2) is 17.3 Å². The third-order valence-electron chi connectivity index (χ3n) is 9.51. The first-order valence-corrected chi connectivity index (χ1v) is 24.3. The SMILES string of the molecule is CCCCNc1cc(C(=O)Cc2ccncc2)cc(S(N)(=O)=O)c1Oc1ccccc1.CCCCNc1cc(C(=O)n2cc[nH+]c2)cc(S(N)(=O)=O)c1Oc1ccccc1.Nc1ccncc1. The van der Waals surface area contributed by atoms with Crippen molar-refractivity contribution in [3.05, 3.63) is 169 Å². The average Bonchev–Trinajstić information content (AvgIpc) is 3.86. The lowest BCUT2D eigenvalue weighted by molar-refractivity contribution is -0.376. The van der Waals surface area contributed by atoms with Crippen LogP contribution in [0.5, 0.6) is 23.0 Å². The number of ether oxygens (including phenoxy) is 2. The number of imidazole rings is 1. The van der Waals surface area contributed by atoms with Crippen molar-refractivity contribution in [1.82, 2.24) is 14.5 Å². The van der Waals surface area contributed by atoms with Crippen molar-refractivity contribution in [2.75, 3.05) is 29.5 Å². The number of carbonyl (C=O) groups excluding carboxylic acids is 2. The monoisotopic (exact) mass is 948 g/mol. The molecule has 0 spiro atoms. The third-order valence-corrected chi connectivity index (χ3v) is 11.3. The van der Waals surface area contributed by atoms with Crippen LogP contribution < -0.4 is 41.1 Å². The molecule has 0 atom stereocenters. The summed E-state index contributed by atoms with van der Waals surface area (Å²) in [4.78, 5) is 35.7. The summed E-state index contributed by atoms with van der Waals surface area (Å²) in [6.07, 6.45) is 14.9. The number of H-pyrrole nitrogens is 1. The van der Waals surface area contributed by atoms with Gasteiger partial charge in [0.2, 0.25) is 26.4 Å². The van der Waals surface area contributed by atoms with Crippen molar-refractivity contribution in [3.63, 3.8) is 0 Å². The molecule has 67 heavy (non-hydrogen) atoms. The molecular formula is C48H54N9O8S2+. The molecule has 0 aliphatic rings. The predicted molar refractivity (Wildman–Crippen MR) is 257 cm³/mol. The van der Waals surface area contributed by atoms with Gasteiger partial charge in [-0.3, -0.25) is 14.8 Å². The zero-order chi connectivity index (χ0) is 48.2. The lowest BCUT2D eigenvalue weighted by Crippen LogP contribution is -2.18. The van der Waals surface area contributed by atoms with Gasteiger partial charge in [0.1, 0.15) is 33.7 Å². The topological polar surface area (TPSA) is 268 Å². The van der Waals surface area contributed by atoms with Gasteiger partial charge in [0.25, 0.3) is 0 Å². The van der Waals surface area contributed by atoms with Crippen molar-refractivity contribution in [3.8, 4) is 23.0 Å². The number of Topliss-reactive ketones (excluding diaryl/α,β-unsaturated/α-hetero) is 1. The number of sulfonamides is 2. The zero-order valence-corrected chi connectivity index (χ0v) is 38.7. The number of unbranched alkanes of at least 4 members (excludes halogenated alkanes) is 2. The van der Waals surface area contributed by atoms with Crippen LogP contribution >= 0.6 is 0 Å². The number of carbonyl (C=O) groups is 2. The first kappa shape index (κ1) is 50.5. The van der Waals surface area contributed by atoms with Crippen LogP contribution in [0.4, 0.5) is 17.1 Å². The van der Waals surface area contributed by atoms with E-state index in [9.17, 15) is 26.4 Å². The van der Waals surface area contributed by atoms with Gasteiger partial charge in [0, 0.05) is 55.5 Å². The number of ketones is 1. The molecule has 0 bridgehead atoms. The van der Waals surface area contributed by atoms with Gasteiger partial charge in [-0.15, -0.1) is 0 Å². The first-order valence-electron chi connectivity index (χ1n) is 21.2. The number of hydrogen-bond donors (Lipinski definition) is 5. The highest BCUT2D eigenvalue weighted by atomic mass is 32.2. The fourth-order valence-electron chi connectivity index (χ4n) is 6.11. The standard InChI is InChI=1S/C23H25N3O4S.C20H22N4O4S.C5H6N2/c1-2-3-11-26-20-15-18(21(27)14-17-9-12-25-13-10-17)16-22(31(24,28)29)23(20)30-19-7-5-4-6-8-19;1-2-3-9-23-17-12-15(20(25)24-11-10-22-14-24)13-18(29(21,26)27)19(17)28-16-7-5-4-6-8-16;6-5-1-3-7-4-2-5/h4-10,12-13,15-16,26H,2-3,11,14H2,1H3,(H2,24,28,29);4-8,10-14,23H,2-3,9H2,1H3,(H2,21,26,27);1-4H,(H2,6,7)/p+1. The van der Waals surface area contributed by atoms with Crippen LogP contribution in [0.15, 0.2) is 162 Å². The molecule has 0 amide bonds. The van der Waals surface area contributed by atoms with Crippen LogP contribution in [0.25, 0.3) is 0 Å². The van der Waals surface area contributed by atoms with E-state index < -0.39 is 26.0 Å². The molecule has 7 aromatic rings. The summed E-state index contributed by atoms with van der Waals surface area (Å²) in [5.74, 6) is 0.411. The Bertz CT molecular complexity index is 2900. The third kappa shape index (κ3) is 15.6. The first-order chi connectivity index (χ1) is 32.2. The molecule has 350 valence electrons. The highest BCUT2D eigenvalue weighted by Crippen LogP contribution is 2.39. The van der Waals surface area contributed by atoms with Crippen molar-refractivity contribution in [2.45, 2.75) is 55.7 Å². The maximum atomic E-state index is 12.9. The number of nitrogen functional groups attached to an aromatic ring is 1. The number of rotatable bonds is 18. The van der Waals surface area contributed by atoms with Crippen molar-refractivity contribution in [2.24, 2.45) is 10.3 Å². The Balaban J connectivity index is 0.000000219. The van der Waals surface area contributed by atoms with E-state index in [1.165, 1.54) is 29.2 Å². The summed E-state index contributed by atoms with van der Waals surface area (Å²) < 4.78 is 62.6. The van der Waals surface area contributed by atoms with E-state index >= 15 is 0 Å². The molecular weight excluding hydrogens is 895 g/mol. The lowest BCUT2D eigenvalue weighted by Gasteiger charge is -2.18. The van der Waals surface area contributed by atoms with Gasteiger partial charge in [-0.1, -0.05) is 63.1 Å². The quantitative estimate of drug-likeness (QED) is 0.0413. The van der Waals surface area contributed by atoms with Crippen LogP contribution in [-0.4, -0.2) is 56.2 Å². The summed E-state index contributed by atoms with van der Waals surface area (Å²) in [5.41, 5.74) is 8.05. The highest BCUT2D eigenvalue weighted by molar-refractivity contribution is 7.89. The molecule has 17 nitrogen and oxygen atoms in total. The van der Waals surface area contributed by atoms with E-state index in [1.54, 1.807) is 116 Å². The molecule has 4 aromatic carbocycles. The molecule has 0 aliphatic heterocycles. The van der Waals surface area contributed by atoms with Crippen LogP contribution in [0.3, 0.4) is 0 Å². The number of aromatic nitrogens is 4. The number of hydrogen-bond acceptors (Lipinski definition) is 13. The van der Waals surface area contributed by atoms with Crippen LogP contribution in [0, 0.1) is 0 Å². The number of benzene rings is 4. The van der Waals surface area contributed by atoms with E-state index in [0.717, 1.165) is 36.9 Å². The van der Waals surface area contributed by atoms with Crippen molar-refractivity contribution < 1.29 is 40.9 Å². The fraction of sp³-hybridized carbons (Fsp3) is 0.188. The number of nitrogens with two attached hydrogens (primary N) is 3. The Kier molecular flexibility index (Phi) is 18.7. The second-order valence-electron chi connectivity index (χ2n) is 14.7. The Hall–Kier alpha value is -7.45. The molecule has 0 unspecified atom stereocenters. The van der Waals surface area contributed by atoms with Gasteiger partial charge in [-0.05, 0) is 91.2 Å². The number of nitrogens with one attached hydrogen (secondary N) is 3. The summed E-state index contributed by atoms with van der Waals surface area (Å²) in [6.45, 7) is 5.27. The number of para-hydroxylation sites is 2. The molecule has 9 N–H and O–H groups in total. The zero-order valence-electron chi connectivity index (χ0n) is 37.0. The predicted octanol–water partition coefficient (Wildman–Crippen LogP) is 7.46. The largest absolute Gasteiger partial charge is 0.454 e. The van der Waals surface area contributed by atoms with E-state index in [4.69, 9.17) is 25.5 Å². The Labute approximate surface area is 390 Å². The minimum Gasteiger partial charge on any atom is -0.454 e. The number of anilines is 3. The minimum atomic E-state index is -4.17. The normalized spacial score (nSPS) is 10.9. The Morgan fingerprint density at radius 1 is 0.657 bits per heavy atom. The smallest absolute Gasteiger partial charge is 0.345 e. The molecule has 0 saturated carbocycles. The Morgan fingerprint density at radius 2 is 1.12 bits per heavy atom. The van der Waals surface area contributed by atoms with Gasteiger partial charge < -0.3 is 25.8 Å². The Morgan fingerprint density at radius 3 is 1.54 bits per heavy atom. The molecule has 0 radical (unpaired) electrons. The average molecular weight is 949 g/mol. The van der Waals surface area contributed by atoms with Crippen molar-refractivity contribution in [1.29, 1.82) is 0 Å². The van der Waals surface area contributed by atoms with Gasteiger partial charge in [0.05, 0.1) is 16.9 Å². The number of pyridine rings is 2. The minimum absolute atomic E-state index is 0.0606. The van der Waals surface area contributed by atoms with E-state index in [-0.39, 0.29) is 44.6 Å². The summed E-state index contributed by atoms with van der Waals surface area (Å²) >= 11 is 0. The molecule has 7 rings (SSSR count). The van der Waals surface area contributed by atoms with E-state index in [0.29, 0.717) is 36.0 Å². The van der Waals surface area contributed by atoms with Crippen LogP contribution in [0.1, 0.15) is 65.8 Å². The second-order valence-corrected chi connectivity index (χ2v) is 17.8. The molecule has 0 saturated heterocycles. The lowest BCUT2D eigenvalue weighted by atomic mass is 10.0. The molecule has 0 aliphatic carbocycles. The van der Waals surface area contributed by atoms with Crippen LogP contribution in [0.2, 0.25) is 0 Å². The molecule has 3 aromatic heterocycles. The van der Waals surface area contributed by atoms with Crippen LogP contribution in [-0.2, 0) is 26.5 Å². The number of aromatic amines is 1. The van der Waals surface area contributed by atoms with Gasteiger partial charge in [-0.2, -0.15) is 4.57 Å². The van der Waals surface area contributed by atoms with Gasteiger partial charge >= 0.3 is 5.91 Å². The van der Waals surface area contributed by atoms with Gasteiger partial charge in [-0.25, -0.2) is 36.9 Å².